The van der Waals surface area contributed by atoms with E-state index in [1.807, 2.05) is 13.8 Å². The number of rotatable bonds is 2. The molecule has 0 aliphatic heterocycles. The van der Waals surface area contributed by atoms with Crippen molar-refractivity contribution in [3.05, 3.63) is 11.4 Å². The number of hydrogen-bond acceptors (Lipinski definition) is 5. The fourth-order valence-electron chi connectivity index (χ4n) is 2.25. The van der Waals surface area contributed by atoms with Crippen LogP contribution in [0.3, 0.4) is 0 Å². The Labute approximate surface area is 101 Å². The van der Waals surface area contributed by atoms with Crippen LogP contribution in [-0.4, -0.2) is 27.2 Å². The van der Waals surface area contributed by atoms with Gasteiger partial charge in [-0.25, -0.2) is 9.97 Å². The van der Waals surface area contributed by atoms with Gasteiger partial charge in [0.15, 0.2) is 0 Å². The summed E-state index contributed by atoms with van der Waals surface area (Å²) >= 11 is 0. The van der Waals surface area contributed by atoms with Crippen molar-refractivity contribution in [3.8, 4) is 0 Å². The van der Waals surface area contributed by atoms with E-state index >= 15 is 0 Å². The van der Waals surface area contributed by atoms with Crippen molar-refractivity contribution < 1.29 is 5.11 Å². The molecular formula is C12H20N4O. The lowest BCUT2D eigenvalue weighted by Gasteiger charge is -2.29. The first kappa shape index (κ1) is 12.1. The maximum Gasteiger partial charge on any atom is 0.135 e. The van der Waals surface area contributed by atoms with Crippen molar-refractivity contribution in [2.24, 2.45) is 0 Å². The predicted octanol–water partition coefficient (Wildman–Crippen LogP) is 1.39. The van der Waals surface area contributed by atoms with Gasteiger partial charge in [0, 0.05) is 5.56 Å². The average molecular weight is 236 g/mol. The molecule has 0 aromatic carbocycles. The first-order valence-electron chi connectivity index (χ1n) is 6.13. The highest BCUT2D eigenvalue weighted by molar-refractivity contribution is 5.55. The predicted molar refractivity (Wildman–Crippen MR) is 67.8 cm³/mol. The molecule has 4 N–H and O–H groups in total. The standard InChI is InChI=1S/C12H20N4O/c1-7-11(13)14-8(2)15-12(7)16-9-5-3-4-6-10(9)17/h9-10,17H,3-6H2,1-2H3,(H3,13,14,15,16). The van der Waals surface area contributed by atoms with Crippen LogP contribution in [0.5, 0.6) is 0 Å². The minimum absolute atomic E-state index is 0.0798. The molecule has 1 aliphatic carbocycles. The highest BCUT2D eigenvalue weighted by Crippen LogP contribution is 2.24. The van der Waals surface area contributed by atoms with Gasteiger partial charge in [-0.15, -0.1) is 0 Å². The van der Waals surface area contributed by atoms with Gasteiger partial charge in [-0.1, -0.05) is 12.8 Å². The Hall–Kier alpha value is -1.36. The van der Waals surface area contributed by atoms with Crippen molar-refractivity contribution in [2.45, 2.75) is 51.7 Å². The number of nitrogens with zero attached hydrogens (tertiary/aromatic N) is 2. The number of aromatic nitrogens is 2. The van der Waals surface area contributed by atoms with Crippen LogP contribution in [0.15, 0.2) is 0 Å². The van der Waals surface area contributed by atoms with Crippen LogP contribution in [0.1, 0.15) is 37.1 Å². The third kappa shape index (κ3) is 2.66. The lowest BCUT2D eigenvalue weighted by atomic mass is 9.92. The van der Waals surface area contributed by atoms with E-state index in [1.54, 1.807) is 0 Å². The maximum atomic E-state index is 9.92. The molecule has 1 saturated carbocycles. The van der Waals surface area contributed by atoms with Crippen LogP contribution in [0.2, 0.25) is 0 Å². The normalized spacial score (nSPS) is 24.6. The molecule has 2 rings (SSSR count). The van der Waals surface area contributed by atoms with E-state index in [-0.39, 0.29) is 12.1 Å². The van der Waals surface area contributed by atoms with Crippen LogP contribution in [0, 0.1) is 13.8 Å². The minimum Gasteiger partial charge on any atom is -0.391 e. The molecule has 1 fully saturated rings. The summed E-state index contributed by atoms with van der Waals surface area (Å²) in [5.41, 5.74) is 6.66. The van der Waals surface area contributed by atoms with E-state index in [2.05, 4.69) is 15.3 Å². The molecule has 0 spiro atoms. The Balaban J connectivity index is 2.17. The molecule has 1 aromatic rings. The van der Waals surface area contributed by atoms with Crippen molar-refractivity contribution in [1.29, 1.82) is 0 Å². The Morgan fingerprint density at radius 3 is 2.65 bits per heavy atom. The number of hydrogen-bond donors (Lipinski definition) is 3. The molecular weight excluding hydrogens is 216 g/mol. The summed E-state index contributed by atoms with van der Waals surface area (Å²) in [6.45, 7) is 3.71. The zero-order valence-electron chi connectivity index (χ0n) is 10.4. The number of nitrogens with two attached hydrogens (primary N) is 1. The first-order valence-corrected chi connectivity index (χ1v) is 6.13. The Bertz CT molecular complexity index is 408. The summed E-state index contributed by atoms with van der Waals surface area (Å²) in [6, 6.07) is 0.0798. The topological polar surface area (TPSA) is 84.1 Å². The Morgan fingerprint density at radius 1 is 1.24 bits per heavy atom. The third-order valence-corrected chi connectivity index (χ3v) is 3.35. The van der Waals surface area contributed by atoms with E-state index in [1.165, 1.54) is 0 Å². The zero-order chi connectivity index (χ0) is 12.4. The number of aryl methyl sites for hydroxylation is 1. The fraction of sp³-hybridized carbons (Fsp3) is 0.667. The van der Waals surface area contributed by atoms with Crippen molar-refractivity contribution in [3.63, 3.8) is 0 Å². The molecule has 2 unspecified atom stereocenters. The van der Waals surface area contributed by atoms with E-state index in [0.717, 1.165) is 37.1 Å². The summed E-state index contributed by atoms with van der Waals surface area (Å²) in [7, 11) is 0. The van der Waals surface area contributed by atoms with E-state index < -0.39 is 0 Å². The third-order valence-electron chi connectivity index (χ3n) is 3.35. The highest BCUT2D eigenvalue weighted by atomic mass is 16.3. The number of aliphatic hydroxyl groups is 1. The van der Waals surface area contributed by atoms with Gasteiger partial charge in [0.2, 0.25) is 0 Å². The molecule has 5 nitrogen and oxygen atoms in total. The average Bonchev–Trinajstić information content (AvgIpc) is 2.28. The van der Waals surface area contributed by atoms with Gasteiger partial charge < -0.3 is 16.2 Å². The van der Waals surface area contributed by atoms with E-state index in [0.29, 0.717) is 11.6 Å². The summed E-state index contributed by atoms with van der Waals surface area (Å²) in [4.78, 5) is 8.46. The molecule has 1 heterocycles. The van der Waals surface area contributed by atoms with Crippen molar-refractivity contribution >= 4 is 11.6 Å². The van der Waals surface area contributed by atoms with E-state index in [9.17, 15) is 5.11 Å². The second-order valence-electron chi connectivity index (χ2n) is 4.73. The number of nitrogens with one attached hydrogen (secondary N) is 1. The quantitative estimate of drug-likeness (QED) is 0.722. The van der Waals surface area contributed by atoms with Gasteiger partial charge in [-0.2, -0.15) is 0 Å². The van der Waals surface area contributed by atoms with Gasteiger partial charge in [0.1, 0.15) is 17.5 Å². The van der Waals surface area contributed by atoms with Crippen LogP contribution in [-0.2, 0) is 0 Å². The lowest BCUT2D eigenvalue weighted by Crippen LogP contribution is -2.37. The zero-order valence-corrected chi connectivity index (χ0v) is 10.4. The second kappa shape index (κ2) is 4.87. The van der Waals surface area contributed by atoms with E-state index in [4.69, 9.17) is 5.73 Å². The maximum absolute atomic E-state index is 9.92. The van der Waals surface area contributed by atoms with Gasteiger partial charge in [0.25, 0.3) is 0 Å². The number of nitrogen functional groups attached to an aromatic ring is 1. The minimum atomic E-state index is -0.292. The summed E-state index contributed by atoms with van der Waals surface area (Å²) in [5.74, 6) is 1.91. The number of aliphatic hydroxyl groups excluding tert-OH is 1. The van der Waals surface area contributed by atoms with Crippen LogP contribution < -0.4 is 11.1 Å². The molecule has 1 aromatic heterocycles. The Kier molecular flexibility index (Phi) is 3.47. The first-order chi connectivity index (χ1) is 8.08. The van der Waals surface area contributed by atoms with Crippen molar-refractivity contribution in [1.82, 2.24) is 9.97 Å². The summed E-state index contributed by atoms with van der Waals surface area (Å²) in [5, 5.41) is 13.2. The van der Waals surface area contributed by atoms with Crippen LogP contribution >= 0.6 is 0 Å². The molecule has 0 saturated heterocycles. The molecule has 0 amide bonds. The smallest absolute Gasteiger partial charge is 0.135 e. The Morgan fingerprint density at radius 2 is 1.94 bits per heavy atom. The highest BCUT2D eigenvalue weighted by Gasteiger charge is 2.24. The fourth-order valence-corrected chi connectivity index (χ4v) is 2.25. The lowest BCUT2D eigenvalue weighted by molar-refractivity contribution is 0.116. The van der Waals surface area contributed by atoms with Gasteiger partial charge in [-0.05, 0) is 26.7 Å². The van der Waals surface area contributed by atoms with Gasteiger partial charge in [-0.3, -0.25) is 0 Å². The molecule has 2 atom stereocenters. The largest absolute Gasteiger partial charge is 0.391 e. The van der Waals surface area contributed by atoms with Crippen LogP contribution in [0.25, 0.3) is 0 Å². The molecule has 0 radical (unpaired) electrons. The summed E-state index contributed by atoms with van der Waals surface area (Å²) < 4.78 is 0. The molecule has 1 aliphatic rings. The molecule has 5 heteroatoms. The summed E-state index contributed by atoms with van der Waals surface area (Å²) in [6.07, 6.45) is 3.79. The van der Waals surface area contributed by atoms with Crippen molar-refractivity contribution in [2.75, 3.05) is 11.1 Å². The van der Waals surface area contributed by atoms with Crippen LogP contribution in [0.4, 0.5) is 11.6 Å². The SMILES string of the molecule is Cc1nc(N)c(C)c(NC2CCCCC2O)n1. The molecule has 17 heavy (non-hydrogen) atoms. The van der Waals surface area contributed by atoms with Gasteiger partial charge in [0.05, 0.1) is 12.1 Å². The molecule has 0 bridgehead atoms. The monoisotopic (exact) mass is 236 g/mol. The molecule has 94 valence electrons. The number of anilines is 2. The van der Waals surface area contributed by atoms with Gasteiger partial charge >= 0.3 is 0 Å². The second-order valence-corrected chi connectivity index (χ2v) is 4.73.